The van der Waals surface area contributed by atoms with Crippen LogP contribution >= 0.6 is 0 Å². The van der Waals surface area contributed by atoms with E-state index in [1.165, 1.54) is 5.56 Å². The molecule has 128 valence electrons. The lowest BCUT2D eigenvalue weighted by Gasteiger charge is -2.26. The van der Waals surface area contributed by atoms with E-state index < -0.39 is 9.84 Å². The minimum Gasteiger partial charge on any atom is -0.356 e. The second-order valence-electron chi connectivity index (χ2n) is 6.02. The highest BCUT2D eigenvalue weighted by molar-refractivity contribution is 7.91. The summed E-state index contributed by atoms with van der Waals surface area (Å²) in [5, 5.41) is 2.93. The second-order valence-corrected chi connectivity index (χ2v) is 8.25. The Balaban J connectivity index is 1.68. The van der Waals surface area contributed by atoms with Gasteiger partial charge in [0.25, 0.3) is 0 Å². The van der Waals surface area contributed by atoms with Crippen LogP contribution in [-0.2, 0) is 21.1 Å². The third-order valence-electron chi connectivity index (χ3n) is 4.34. The Bertz CT molecular complexity index is 602. The Morgan fingerprint density at radius 1 is 1.30 bits per heavy atom. The molecule has 6 heteroatoms. The number of carbonyl (C=O) groups excluding carboxylic acids is 1. The predicted octanol–water partition coefficient (Wildman–Crippen LogP) is 1.24. The maximum Gasteiger partial charge on any atom is 0.221 e. The first-order valence-electron chi connectivity index (χ1n) is 8.25. The monoisotopic (exact) mass is 338 g/mol. The summed E-state index contributed by atoms with van der Waals surface area (Å²) < 4.78 is 23.1. The molecule has 1 aromatic carbocycles. The minimum absolute atomic E-state index is 0.0280. The number of amides is 1. The van der Waals surface area contributed by atoms with Gasteiger partial charge in [-0.1, -0.05) is 37.3 Å². The molecule has 2 rings (SSSR count). The van der Waals surface area contributed by atoms with E-state index in [4.69, 9.17) is 0 Å². The normalized spacial score (nSPS) is 19.8. The first kappa shape index (κ1) is 17.9. The molecule has 5 nitrogen and oxygen atoms in total. The summed E-state index contributed by atoms with van der Waals surface area (Å²) in [7, 11) is -2.88. The van der Waals surface area contributed by atoms with E-state index in [-0.39, 0.29) is 23.5 Å². The third kappa shape index (κ3) is 5.95. The predicted molar refractivity (Wildman–Crippen MR) is 92.1 cm³/mol. The Labute approximate surface area is 139 Å². The number of hydrogen-bond donors (Lipinski definition) is 1. The van der Waals surface area contributed by atoms with Crippen molar-refractivity contribution in [1.82, 2.24) is 10.2 Å². The van der Waals surface area contributed by atoms with E-state index in [0.717, 1.165) is 13.0 Å². The van der Waals surface area contributed by atoms with Gasteiger partial charge in [-0.2, -0.15) is 0 Å². The molecule has 1 fully saturated rings. The number of sulfone groups is 1. The maximum absolute atomic E-state index is 11.9. The van der Waals surface area contributed by atoms with Crippen molar-refractivity contribution in [3.8, 4) is 0 Å². The summed E-state index contributed by atoms with van der Waals surface area (Å²) in [4.78, 5) is 14.1. The molecule has 1 saturated heterocycles. The van der Waals surface area contributed by atoms with Crippen molar-refractivity contribution in [2.24, 2.45) is 0 Å². The van der Waals surface area contributed by atoms with Crippen molar-refractivity contribution < 1.29 is 13.2 Å². The van der Waals surface area contributed by atoms with Crippen molar-refractivity contribution in [2.75, 3.05) is 31.1 Å². The Morgan fingerprint density at radius 3 is 2.65 bits per heavy atom. The van der Waals surface area contributed by atoms with Crippen LogP contribution in [0, 0.1) is 0 Å². The summed E-state index contributed by atoms with van der Waals surface area (Å²) in [5.41, 5.74) is 1.21. The van der Waals surface area contributed by atoms with Crippen molar-refractivity contribution in [1.29, 1.82) is 0 Å². The molecule has 0 aliphatic carbocycles. The lowest BCUT2D eigenvalue weighted by molar-refractivity contribution is -0.121. The van der Waals surface area contributed by atoms with Gasteiger partial charge in [0.2, 0.25) is 5.91 Å². The highest BCUT2D eigenvalue weighted by Gasteiger charge is 2.31. The average molecular weight is 338 g/mol. The zero-order valence-corrected chi connectivity index (χ0v) is 14.5. The van der Waals surface area contributed by atoms with Crippen LogP contribution in [0.2, 0.25) is 0 Å². The van der Waals surface area contributed by atoms with Gasteiger partial charge in [0, 0.05) is 25.6 Å². The highest BCUT2D eigenvalue weighted by atomic mass is 32.2. The van der Waals surface area contributed by atoms with Gasteiger partial charge in [0.05, 0.1) is 11.5 Å². The molecule has 0 aromatic heterocycles. The average Bonchev–Trinajstić information content (AvgIpc) is 2.89. The quantitative estimate of drug-likeness (QED) is 0.774. The number of carbonyl (C=O) groups is 1. The Kier molecular flexibility index (Phi) is 6.59. The van der Waals surface area contributed by atoms with Gasteiger partial charge in [-0.05, 0) is 24.9 Å². The van der Waals surface area contributed by atoms with Gasteiger partial charge in [0.1, 0.15) is 0 Å². The van der Waals surface area contributed by atoms with Crippen molar-refractivity contribution >= 4 is 15.7 Å². The largest absolute Gasteiger partial charge is 0.356 e. The summed E-state index contributed by atoms with van der Waals surface area (Å²) in [6, 6.07) is 10.1. The van der Waals surface area contributed by atoms with E-state index >= 15 is 0 Å². The van der Waals surface area contributed by atoms with E-state index in [2.05, 4.69) is 10.2 Å². The van der Waals surface area contributed by atoms with Gasteiger partial charge in [-0.15, -0.1) is 0 Å². The fourth-order valence-electron chi connectivity index (χ4n) is 2.99. The first-order chi connectivity index (χ1) is 11.0. The van der Waals surface area contributed by atoms with Crippen LogP contribution in [0.4, 0.5) is 0 Å². The zero-order chi connectivity index (χ0) is 16.7. The first-order valence-corrected chi connectivity index (χ1v) is 10.1. The SMILES string of the molecule is CCN(CCC(=O)NCCc1ccccc1)C1CCS(=O)(=O)C1. The topological polar surface area (TPSA) is 66.5 Å². The molecule has 0 bridgehead atoms. The van der Waals surface area contributed by atoms with E-state index in [1.807, 2.05) is 37.3 Å². The molecule has 0 spiro atoms. The molecular formula is C17H26N2O3S. The lowest BCUT2D eigenvalue weighted by Crippen LogP contribution is -2.39. The summed E-state index contributed by atoms with van der Waals surface area (Å²) in [6.07, 6.45) is 1.93. The number of rotatable bonds is 8. The molecule has 1 heterocycles. The standard InChI is InChI=1S/C17H26N2O3S/c1-2-19(16-10-13-23(21,22)14-16)12-9-17(20)18-11-8-15-6-4-3-5-7-15/h3-7,16H,2,8-14H2,1H3,(H,18,20). The molecule has 1 aromatic rings. The van der Waals surface area contributed by atoms with Crippen LogP contribution in [0.3, 0.4) is 0 Å². The van der Waals surface area contributed by atoms with Crippen LogP contribution in [0.5, 0.6) is 0 Å². The third-order valence-corrected chi connectivity index (χ3v) is 6.09. The molecule has 23 heavy (non-hydrogen) atoms. The molecule has 1 aliphatic heterocycles. The van der Waals surface area contributed by atoms with E-state index in [1.54, 1.807) is 0 Å². The molecule has 0 radical (unpaired) electrons. The van der Waals surface area contributed by atoms with Crippen molar-refractivity contribution in [3.05, 3.63) is 35.9 Å². The summed E-state index contributed by atoms with van der Waals surface area (Å²) in [5.74, 6) is 0.536. The molecule has 1 amide bonds. The number of nitrogens with one attached hydrogen (secondary N) is 1. The number of hydrogen-bond acceptors (Lipinski definition) is 4. The second kappa shape index (κ2) is 8.45. The Morgan fingerprint density at radius 2 is 2.04 bits per heavy atom. The van der Waals surface area contributed by atoms with Gasteiger partial charge in [-0.25, -0.2) is 8.42 Å². The van der Waals surface area contributed by atoms with Crippen LogP contribution in [-0.4, -0.2) is 56.4 Å². The van der Waals surface area contributed by atoms with Crippen molar-refractivity contribution in [3.63, 3.8) is 0 Å². The van der Waals surface area contributed by atoms with Crippen molar-refractivity contribution in [2.45, 2.75) is 32.2 Å². The van der Waals surface area contributed by atoms with Crippen LogP contribution in [0.1, 0.15) is 25.3 Å². The Hall–Kier alpha value is -1.40. The molecule has 1 unspecified atom stereocenters. The van der Waals surface area contributed by atoms with E-state index in [9.17, 15) is 13.2 Å². The maximum atomic E-state index is 11.9. The fourth-order valence-corrected chi connectivity index (χ4v) is 4.75. The smallest absolute Gasteiger partial charge is 0.221 e. The molecular weight excluding hydrogens is 312 g/mol. The zero-order valence-electron chi connectivity index (χ0n) is 13.7. The molecule has 1 aliphatic rings. The van der Waals surface area contributed by atoms with E-state index in [0.29, 0.717) is 25.9 Å². The van der Waals surface area contributed by atoms with Gasteiger partial charge >= 0.3 is 0 Å². The highest BCUT2D eigenvalue weighted by Crippen LogP contribution is 2.17. The molecule has 1 atom stereocenters. The van der Waals surface area contributed by atoms with Gasteiger partial charge < -0.3 is 5.32 Å². The summed E-state index contributed by atoms with van der Waals surface area (Å²) >= 11 is 0. The molecule has 0 saturated carbocycles. The van der Waals surface area contributed by atoms with Crippen LogP contribution < -0.4 is 5.32 Å². The van der Waals surface area contributed by atoms with Crippen LogP contribution in [0.15, 0.2) is 30.3 Å². The fraction of sp³-hybridized carbons (Fsp3) is 0.588. The van der Waals surface area contributed by atoms with Gasteiger partial charge in [0.15, 0.2) is 9.84 Å². The molecule has 1 N–H and O–H groups in total. The lowest BCUT2D eigenvalue weighted by atomic mass is 10.1. The number of nitrogens with zero attached hydrogens (tertiary/aromatic N) is 1. The minimum atomic E-state index is -2.88. The number of benzene rings is 1. The summed E-state index contributed by atoms with van der Waals surface area (Å²) in [6.45, 7) is 4.04. The van der Waals surface area contributed by atoms with Gasteiger partial charge in [-0.3, -0.25) is 9.69 Å². The van der Waals surface area contributed by atoms with Crippen LogP contribution in [0.25, 0.3) is 0 Å².